The summed E-state index contributed by atoms with van der Waals surface area (Å²) >= 11 is 1.41. The van der Waals surface area contributed by atoms with Crippen molar-refractivity contribution in [3.8, 4) is 11.5 Å². The summed E-state index contributed by atoms with van der Waals surface area (Å²) in [6.45, 7) is 3.67. The van der Waals surface area contributed by atoms with Gasteiger partial charge in [-0.3, -0.25) is 0 Å². The second-order valence-electron chi connectivity index (χ2n) is 5.24. The fraction of sp³-hybridized carbons (Fsp3) is 0.222. The molecule has 0 heterocycles. The van der Waals surface area contributed by atoms with E-state index in [-0.39, 0.29) is 5.75 Å². The molecule has 2 aromatic rings. The number of nitrogens with two attached hydrogens (primary N) is 1. The number of ether oxygens (including phenoxy) is 1. The summed E-state index contributed by atoms with van der Waals surface area (Å²) in [6, 6.07) is 11.8. The molecule has 2 aromatic carbocycles. The van der Waals surface area contributed by atoms with Gasteiger partial charge in [-0.05, 0) is 31.0 Å². The minimum atomic E-state index is 0.169. The number of hydrogen-bond donors (Lipinski definition) is 2. The van der Waals surface area contributed by atoms with Gasteiger partial charge in [0.05, 0.1) is 13.3 Å². The van der Waals surface area contributed by atoms with E-state index in [1.54, 1.807) is 13.2 Å². The van der Waals surface area contributed by atoms with Crippen LogP contribution in [0.25, 0.3) is 0 Å². The SMILES string of the molecule is COc1cc(C)c(O)c(C=NN=C(N)SCc2ccccc2)c1C. The molecule has 126 valence electrons. The Morgan fingerprint density at radius 1 is 1.29 bits per heavy atom. The fourth-order valence-corrected chi connectivity index (χ4v) is 2.78. The zero-order valence-electron chi connectivity index (χ0n) is 14.0. The highest BCUT2D eigenvalue weighted by atomic mass is 32.2. The van der Waals surface area contributed by atoms with E-state index in [0.717, 1.165) is 11.3 Å². The van der Waals surface area contributed by atoms with E-state index < -0.39 is 0 Å². The Bertz CT molecular complexity index is 759. The molecule has 0 aliphatic heterocycles. The van der Waals surface area contributed by atoms with Crippen LogP contribution in [0.15, 0.2) is 46.6 Å². The summed E-state index contributed by atoms with van der Waals surface area (Å²) in [5, 5.41) is 18.5. The monoisotopic (exact) mass is 343 g/mol. The van der Waals surface area contributed by atoms with Crippen LogP contribution in [0.5, 0.6) is 11.5 Å². The second kappa shape index (κ2) is 8.40. The van der Waals surface area contributed by atoms with Crippen molar-refractivity contribution in [1.82, 2.24) is 0 Å². The lowest BCUT2D eigenvalue weighted by atomic mass is 10.0. The van der Waals surface area contributed by atoms with Crippen molar-refractivity contribution < 1.29 is 9.84 Å². The van der Waals surface area contributed by atoms with E-state index in [1.165, 1.54) is 23.5 Å². The smallest absolute Gasteiger partial charge is 0.180 e. The highest BCUT2D eigenvalue weighted by molar-refractivity contribution is 8.13. The average Bonchev–Trinajstić information content (AvgIpc) is 2.60. The number of thioether (sulfide) groups is 1. The lowest BCUT2D eigenvalue weighted by Crippen LogP contribution is -2.06. The number of phenolic OH excluding ortho intramolecular Hbond substituents is 1. The lowest BCUT2D eigenvalue weighted by Gasteiger charge is -2.11. The van der Waals surface area contributed by atoms with Gasteiger partial charge in [0.15, 0.2) is 5.17 Å². The molecule has 0 aliphatic rings. The van der Waals surface area contributed by atoms with Gasteiger partial charge in [0.2, 0.25) is 0 Å². The third-order valence-electron chi connectivity index (χ3n) is 3.54. The molecule has 3 N–H and O–H groups in total. The fourth-order valence-electron chi connectivity index (χ4n) is 2.17. The molecule has 5 nitrogen and oxygen atoms in total. The number of rotatable bonds is 5. The first kappa shape index (κ1) is 17.9. The molecule has 0 aromatic heterocycles. The molecule has 0 radical (unpaired) electrons. The van der Waals surface area contributed by atoms with Crippen LogP contribution in [0.2, 0.25) is 0 Å². The number of phenols is 1. The van der Waals surface area contributed by atoms with Crippen LogP contribution in [-0.4, -0.2) is 23.6 Å². The van der Waals surface area contributed by atoms with Gasteiger partial charge in [0.25, 0.3) is 0 Å². The number of aryl methyl sites for hydroxylation is 1. The highest BCUT2D eigenvalue weighted by Crippen LogP contribution is 2.31. The topological polar surface area (TPSA) is 80.2 Å². The molecule has 0 fully saturated rings. The average molecular weight is 343 g/mol. The van der Waals surface area contributed by atoms with E-state index in [0.29, 0.717) is 22.0 Å². The van der Waals surface area contributed by atoms with Crippen LogP contribution in [0.3, 0.4) is 0 Å². The minimum Gasteiger partial charge on any atom is -0.507 e. The molecule has 2 rings (SSSR count). The first-order chi connectivity index (χ1) is 11.5. The van der Waals surface area contributed by atoms with Crippen LogP contribution < -0.4 is 10.5 Å². The summed E-state index contributed by atoms with van der Waals surface area (Å²) in [4.78, 5) is 0. The largest absolute Gasteiger partial charge is 0.507 e. The van der Waals surface area contributed by atoms with Crippen LogP contribution in [-0.2, 0) is 5.75 Å². The first-order valence-corrected chi connectivity index (χ1v) is 8.42. The van der Waals surface area contributed by atoms with Crippen molar-refractivity contribution in [3.63, 3.8) is 0 Å². The van der Waals surface area contributed by atoms with Crippen LogP contribution in [0.4, 0.5) is 0 Å². The molecule has 0 unspecified atom stereocenters. The maximum Gasteiger partial charge on any atom is 0.180 e. The standard InChI is InChI=1S/C18H21N3O2S/c1-12-9-16(23-3)13(2)15(17(12)22)10-20-21-18(19)24-11-14-7-5-4-6-8-14/h4-10,22H,11H2,1-3H3,(H2,19,21). The number of aromatic hydroxyl groups is 1. The summed E-state index contributed by atoms with van der Waals surface area (Å²) in [5.41, 5.74) is 9.13. The van der Waals surface area contributed by atoms with E-state index in [9.17, 15) is 5.11 Å². The Morgan fingerprint density at radius 2 is 2.00 bits per heavy atom. The van der Waals surface area contributed by atoms with Gasteiger partial charge < -0.3 is 15.6 Å². The van der Waals surface area contributed by atoms with Crippen molar-refractivity contribution in [2.24, 2.45) is 15.9 Å². The predicted molar refractivity (Wildman–Crippen MR) is 101 cm³/mol. The van der Waals surface area contributed by atoms with Gasteiger partial charge in [-0.15, -0.1) is 5.10 Å². The summed E-state index contributed by atoms with van der Waals surface area (Å²) in [6.07, 6.45) is 1.50. The minimum absolute atomic E-state index is 0.169. The summed E-state index contributed by atoms with van der Waals surface area (Å²) < 4.78 is 5.30. The third kappa shape index (κ3) is 4.52. The van der Waals surface area contributed by atoms with E-state index in [4.69, 9.17) is 10.5 Å². The Morgan fingerprint density at radius 3 is 2.67 bits per heavy atom. The zero-order valence-corrected chi connectivity index (χ0v) is 14.8. The maximum absolute atomic E-state index is 10.2. The molecule has 0 saturated heterocycles. The Labute approximate surface area is 146 Å². The van der Waals surface area contributed by atoms with E-state index in [2.05, 4.69) is 10.2 Å². The molecular weight excluding hydrogens is 322 g/mol. The maximum atomic E-state index is 10.2. The van der Waals surface area contributed by atoms with Gasteiger partial charge >= 0.3 is 0 Å². The van der Waals surface area contributed by atoms with Crippen LogP contribution >= 0.6 is 11.8 Å². The number of benzene rings is 2. The zero-order chi connectivity index (χ0) is 17.5. The predicted octanol–water partition coefficient (Wildman–Crippen LogP) is 3.60. The molecule has 0 amide bonds. The molecule has 0 bridgehead atoms. The lowest BCUT2D eigenvalue weighted by molar-refractivity contribution is 0.408. The summed E-state index contributed by atoms with van der Waals surface area (Å²) in [5.74, 6) is 1.60. The molecule has 24 heavy (non-hydrogen) atoms. The highest BCUT2D eigenvalue weighted by Gasteiger charge is 2.11. The first-order valence-electron chi connectivity index (χ1n) is 7.43. The number of nitrogens with zero attached hydrogens (tertiary/aromatic N) is 2. The van der Waals surface area contributed by atoms with Crippen LogP contribution in [0.1, 0.15) is 22.3 Å². The quantitative estimate of drug-likeness (QED) is 0.494. The third-order valence-corrected chi connectivity index (χ3v) is 4.40. The van der Waals surface area contributed by atoms with Gasteiger partial charge in [-0.2, -0.15) is 5.10 Å². The Balaban J connectivity index is 2.09. The number of amidine groups is 1. The van der Waals surface area contributed by atoms with Crippen molar-refractivity contribution >= 4 is 23.1 Å². The number of hydrogen-bond acceptors (Lipinski definition) is 5. The summed E-state index contributed by atoms with van der Waals surface area (Å²) in [7, 11) is 1.59. The van der Waals surface area contributed by atoms with E-state index in [1.807, 2.05) is 44.2 Å². The van der Waals surface area contributed by atoms with Gasteiger partial charge in [-0.25, -0.2) is 0 Å². The Kier molecular flexibility index (Phi) is 6.26. The molecule has 0 saturated carbocycles. The molecule has 0 spiro atoms. The number of methoxy groups -OCH3 is 1. The normalized spacial score (nSPS) is 11.9. The van der Waals surface area contributed by atoms with Crippen molar-refractivity contribution in [2.75, 3.05) is 7.11 Å². The van der Waals surface area contributed by atoms with Crippen molar-refractivity contribution in [2.45, 2.75) is 19.6 Å². The molecule has 0 aliphatic carbocycles. The van der Waals surface area contributed by atoms with Crippen molar-refractivity contribution in [3.05, 3.63) is 58.7 Å². The van der Waals surface area contributed by atoms with Gasteiger partial charge in [0.1, 0.15) is 11.5 Å². The van der Waals surface area contributed by atoms with Gasteiger partial charge in [-0.1, -0.05) is 42.1 Å². The van der Waals surface area contributed by atoms with E-state index >= 15 is 0 Å². The molecule has 0 atom stereocenters. The van der Waals surface area contributed by atoms with Crippen LogP contribution in [0, 0.1) is 13.8 Å². The second-order valence-corrected chi connectivity index (χ2v) is 6.24. The molecule has 6 heteroatoms. The van der Waals surface area contributed by atoms with Crippen molar-refractivity contribution in [1.29, 1.82) is 0 Å². The molecular formula is C18H21N3O2S. The van der Waals surface area contributed by atoms with Gasteiger partial charge in [0, 0.05) is 16.9 Å². The Hall–Kier alpha value is -2.47.